The van der Waals surface area contributed by atoms with Gasteiger partial charge in [0, 0.05) is 17.4 Å². The fourth-order valence-corrected chi connectivity index (χ4v) is 2.12. The highest BCUT2D eigenvalue weighted by atomic mass is 19.4. The summed E-state index contributed by atoms with van der Waals surface area (Å²) in [4.78, 5) is 11.5. The number of aryl methyl sites for hydroxylation is 1. The standard InChI is InChI=1S/C14H14F3NO2/c1-3-20-13(19)8-12-9(2)6-11-7-10(14(15,16)17)4-5-18(11)12/h4-7H,3,8H2,1-2H3. The summed E-state index contributed by atoms with van der Waals surface area (Å²) in [5.74, 6) is -0.393. The first-order valence-corrected chi connectivity index (χ1v) is 6.16. The first kappa shape index (κ1) is 14.4. The zero-order chi connectivity index (χ0) is 14.9. The molecule has 0 fully saturated rings. The molecule has 0 bridgehead atoms. The zero-order valence-corrected chi connectivity index (χ0v) is 11.1. The molecule has 20 heavy (non-hydrogen) atoms. The highest BCUT2D eigenvalue weighted by Gasteiger charge is 2.30. The number of halogens is 3. The van der Waals surface area contributed by atoms with Gasteiger partial charge in [0.05, 0.1) is 18.6 Å². The minimum Gasteiger partial charge on any atom is -0.466 e. The smallest absolute Gasteiger partial charge is 0.416 e. The lowest BCUT2D eigenvalue weighted by Gasteiger charge is -2.08. The molecule has 0 saturated heterocycles. The Morgan fingerprint density at radius 3 is 2.65 bits per heavy atom. The Balaban J connectivity index is 2.42. The molecule has 0 aliphatic carbocycles. The van der Waals surface area contributed by atoms with Crippen LogP contribution in [0.15, 0.2) is 24.4 Å². The van der Waals surface area contributed by atoms with Crippen LogP contribution in [0.4, 0.5) is 13.2 Å². The van der Waals surface area contributed by atoms with Gasteiger partial charge in [0.2, 0.25) is 0 Å². The van der Waals surface area contributed by atoms with Crippen molar-refractivity contribution in [1.82, 2.24) is 4.40 Å². The van der Waals surface area contributed by atoms with Crippen molar-refractivity contribution >= 4 is 11.5 Å². The van der Waals surface area contributed by atoms with Crippen LogP contribution in [0.1, 0.15) is 23.7 Å². The molecule has 0 saturated carbocycles. The Morgan fingerprint density at radius 1 is 1.35 bits per heavy atom. The van der Waals surface area contributed by atoms with E-state index in [0.29, 0.717) is 11.2 Å². The van der Waals surface area contributed by atoms with E-state index < -0.39 is 17.7 Å². The van der Waals surface area contributed by atoms with Crippen LogP contribution in [-0.2, 0) is 22.1 Å². The van der Waals surface area contributed by atoms with E-state index >= 15 is 0 Å². The van der Waals surface area contributed by atoms with Gasteiger partial charge in [-0.05, 0) is 37.6 Å². The van der Waals surface area contributed by atoms with Gasteiger partial charge in [0.25, 0.3) is 0 Å². The number of nitrogens with zero attached hydrogens (tertiary/aromatic N) is 1. The van der Waals surface area contributed by atoms with Crippen LogP contribution in [0.2, 0.25) is 0 Å². The second-order valence-electron chi connectivity index (χ2n) is 4.46. The van der Waals surface area contributed by atoms with Crippen molar-refractivity contribution < 1.29 is 22.7 Å². The van der Waals surface area contributed by atoms with Crippen LogP contribution in [0.25, 0.3) is 5.52 Å². The first-order chi connectivity index (χ1) is 9.32. The summed E-state index contributed by atoms with van der Waals surface area (Å²) in [6.45, 7) is 3.74. The second-order valence-corrected chi connectivity index (χ2v) is 4.46. The summed E-state index contributed by atoms with van der Waals surface area (Å²) in [5, 5.41) is 0. The van der Waals surface area contributed by atoms with Gasteiger partial charge in [0.15, 0.2) is 0 Å². The molecule has 2 aromatic heterocycles. The van der Waals surface area contributed by atoms with Gasteiger partial charge in [-0.3, -0.25) is 4.79 Å². The molecule has 0 radical (unpaired) electrons. The maximum Gasteiger partial charge on any atom is 0.416 e. The van der Waals surface area contributed by atoms with Crippen molar-refractivity contribution in [2.75, 3.05) is 6.61 Å². The number of rotatable bonds is 3. The third kappa shape index (κ3) is 2.79. The first-order valence-electron chi connectivity index (χ1n) is 6.16. The Morgan fingerprint density at radius 2 is 2.05 bits per heavy atom. The fraction of sp³-hybridized carbons (Fsp3) is 0.357. The van der Waals surface area contributed by atoms with Crippen LogP contribution in [-0.4, -0.2) is 17.0 Å². The maximum atomic E-state index is 12.7. The molecular weight excluding hydrogens is 271 g/mol. The third-order valence-electron chi connectivity index (χ3n) is 3.04. The average molecular weight is 285 g/mol. The summed E-state index contributed by atoms with van der Waals surface area (Å²) in [6.07, 6.45) is -3.00. The van der Waals surface area contributed by atoms with Crippen LogP contribution >= 0.6 is 0 Å². The number of aromatic nitrogens is 1. The Bertz CT molecular complexity index is 644. The number of hydrogen-bond donors (Lipinski definition) is 0. The van der Waals surface area contributed by atoms with Gasteiger partial charge in [-0.1, -0.05) is 0 Å². The number of ether oxygens (including phenoxy) is 1. The zero-order valence-electron chi connectivity index (χ0n) is 11.1. The predicted molar refractivity (Wildman–Crippen MR) is 67.5 cm³/mol. The molecule has 6 heteroatoms. The van der Waals surface area contributed by atoms with E-state index in [0.717, 1.165) is 17.7 Å². The lowest BCUT2D eigenvalue weighted by atomic mass is 10.2. The number of carbonyl (C=O) groups is 1. The van der Waals surface area contributed by atoms with Crippen molar-refractivity contribution in [2.45, 2.75) is 26.4 Å². The highest BCUT2D eigenvalue weighted by molar-refractivity contribution is 5.73. The third-order valence-corrected chi connectivity index (χ3v) is 3.04. The topological polar surface area (TPSA) is 30.7 Å². The lowest BCUT2D eigenvalue weighted by Crippen LogP contribution is -2.10. The Labute approximate surface area is 114 Å². The SMILES string of the molecule is CCOC(=O)Cc1c(C)cc2cc(C(F)(F)F)ccn12. The summed E-state index contributed by atoms with van der Waals surface area (Å²) in [5.41, 5.74) is 1.12. The molecule has 0 spiro atoms. The molecule has 2 heterocycles. The normalized spacial score (nSPS) is 11.8. The molecule has 2 aromatic rings. The van der Waals surface area contributed by atoms with Crippen molar-refractivity contribution in [3.05, 3.63) is 41.2 Å². The van der Waals surface area contributed by atoms with E-state index in [1.807, 2.05) is 0 Å². The molecular formula is C14H14F3NO2. The van der Waals surface area contributed by atoms with Crippen LogP contribution in [0, 0.1) is 6.92 Å². The largest absolute Gasteiger partial charge is 0.466 e. The van der Waals surface area contributed by atoms with Crippen LogP contribution in [0.5, 0.6) is 0 Å². The number of carbonyl (C=O) groups excluding carboxylic acids is 1. The fourth-order valence-electron chi connectivity index (χ4n) is 2.12. The quantitative estimate of drug-likeness (QED) is 0.809. The predicted octanol–water partition coefficient (Wildman–Crippen LogP) is 3.37. The number of pyridine rings is 1. The van der Waals surface area contributed by atoms with Gasteiger partial charge in [-0.15, -0.1) is 0 Å². The van der Waals surface area contributed by atoms with Crippen molar-refractivity contribution in [3.8, 4) is 0 Å². The molecule has 0 aromatic carbocycles. The van der Waals surface area contributed by atoms with E-state index in [9.17, 15) is 18.0 Å². The molecule has 0 aliphatic heterocycles. The van der Waals surface area contributed by atoms with E-state index in [1.165, 1.54) is 6.20 Å². The Hall–Kier alpha value is -1.98. The highest BCUT2D eigenvalue weighted by Crippen LogP contribution is 2.30. The van der Waals surface area contributed by atoms with Gasteiger partial charge in [0.1, 0.15) is 0 Å². The average Bonchev–Trinajstić information content (AvgIpc) is 2.64. The summed E-state index contributed by atoms with van der Waals surface area (Å²) < 4.78 is 44.4. The Kier molecular flexibility index (Phi) is 3.74. The van der Waals surface area contributed by atoms with Gasteiger partial charge in [-0.2, -0.15) is 13.2 Å². The van der Waals surface area contributed by atoms with Gasteiger partial charge >= 0.3 is 12.1 Å². The van der Waals surface area contributed by atoms with Crippen molar-refractivity contribution in [1.29, 1.82) is 0 Å². The van der Waals surface area contributed by atoms with E-state index in [2.05, 4.69) is 0 Å². The van der Waals surface area contributed by atoms with Crippen LogP contribution < -0.4 is 0 Å². The van der Waals surface area contributed by atoms with Crippen molar-refractivity contribution in [3.63, 3.8) is 0 Å². The van der Waals surface area contributed by atoms with Crippen molar-refractivity contribution in [2.24, 2.45) is 0 Å². The molecule has 3 nitrogen and oxygen atoms in total. The molecule has 0 unspecified atom stereocenters. The summed E-state index contributed by atoms with van der Waals surface area (Å²) >= 11 is 0. The molecule has 0 N–H and O–H groups in total. The van der Waals surface area contributed by atoms with Gasteiger partial charge < -0.3 is 9.14 Å². The molecule has 0 aliphatic rings. The van der Waals surface area contributed by atoms with E-state index in [4.69, 9.17) is 4.74 Å². The summed E-state index contributed by atoms with van der Waals surface area (Å²) in [6, 6.07) is 3.70. The number of hydrogen-bond acceptors (Lipinski definition) is 2. The second kappa shape index (κ2) is 5.19. The minimum absolute atomic E-state index is 0.0409. The van der Waals surface area contributed by atoms with E-state index in [-0.39, 0.29) is 13.0 Å². The molecule has 2 rings (SSSR count). The number of fused-ring (bicyclic) bond motifs is 1. The molecule has 108 valence electrons. The minimum atomic E-state index is -4.37. The number of alkyl halides is 3. The molecule has 0 amide bonds. The maximum absolute atomic E-state index is 12.7. The number of esters is 1. The van der Waals surface area contributed by atoms with Gasteiger partial charge in [-0.25, -0.2) is 0 Å². The van der Waals surface area contributed by atoms with Crippen LogP contribution in [0.3, 0.4) is 0 Å². The van der Waals surface area contributed by atoms with E-state index in [1.54, 1.807) is 24.3 Å². The molecule has 0 atom stereocenters. The lowest BCUT2D eigenvalue weighted by molar-refractivity contribution is -0.142. The summed E-state index contributed by atoms with van der Waals surface area (Å²) in [7, 11) is 0. The monoisotopic (exact) mass is 285 g/mol.